The number of fused-ring (bicyclic) bond motifs is 5. The molecule has 1 aliphatic carbocycles. The summed E-state index contributed by atoms with van der Waals surface area (Å²) in [5, 5.41) is 7.64. The van der Waals surface area contributed by atoms with Gasteiger partial charge in [0.25, 0.3) is 0 Å². The molecule has 0 aliphatic heterocycles. The van der Waals surface area contributed by atoms with E-state index < -0.39 is 0 Å². The third-order valence-corrected chi connectivity index (χ3v) is 11.2. The molecule has 1 aliphatic rings. The van der Waals surface area contributed by atoms with Crippen molar-refractivity contribution in [3.63, 3.8) is 0 Å². The quantitative estimate of drug-likeness (QED) is 0.166. The Morgan fingerprint density at radius 1 is 0.385 bits per heavy atom. The molecule has 9 aromatic rings. The summed E-state index contributed by atoms with van der Waals surface area (Å²) in [5.41, 5.74) is 13.7. The smallest absolute Gasteiger partial charge is 0.0546 e. The molecule has 52 heavy (non-hydrogen) atoms. The van der Waals surface area contributed by atoms with Gasteiger partial charge in [0.15, 0.2) is 0 Å². The van der Waals surface area contributed by atoms with Gasteiger partial charge in [-0.2, -0.15) is 0 Å². The summed E-state index contributed by atoms with van der Waals surface area (Å²) in [6.45, 7) is 4.73. The Balaban J connectivity index is 1.16. The third-order valence-electron chi connectivity index (χ3n) is 11.2. The first-order valence-electron chi connectivity index (χ1n) is 18.2. The van der Waals surface area contributed by atoms with E-state index in [9.17, 15) is 0 Å². The van der Waals surface area contributed by atoms with Gasteiger partial charge in [-0.05, 0) is 102 Å². The molecule has 246 valence electrons. The molecule has 0 spiro atoms. The molecule has 0 amide bonds. The number of nitrogens with zero attached hydrogens (tertiary/aromatic N) is 1. The van der Waals surface area contributed by atoms with Crippen LogP contribution in [-0.2, 0) is 5.41 Å². The molecule has 0 aromatic heterocycles. The summed E-state index contributed by atoms with van der Waals surface area (Å²) in [6.07, 6.45) is 0. The van der Waals surface area contributed by atoms with E-state index in [1.807, 2.05) is 0 Å². The van der Waals surface area contributed by atoms with Crippen LogP contribution in [0, 0.1) is 0 Å². The summed E-state index contributed by atoms with van der Waals surface area (Å²) in [4.78, 5) is 2.42. The van der Waals surface area contributed by atoms with Crippen LogP contribution in [0.2, 0.25) is 0 Å². The topological polar surface area (TPSA) is 3.24 Å². The molecule has 0 saturated carbocycles. The van der Waals surface area contributed by atoms with Gasteiger partial charge in [-0.25, -0.2) is 0 Å². The number of hydrogen-bond acceptors (Lipinski definition) is 1. The van der Waals surface area contributed by atoms with Crippen molar-refractivity contribution in [3.8, 4) is 33.4 Å². The average Bonchev–Trinajstić information content (AvgIpc) is 3.21. The minimum atomic E-state index is -0.0786. The van der Waals surface area contributed by atoms with E-state index in [1.54, 1.807) is 0 Å². The zero-order chi connectivity index (χ0) is 34.8. The standard InChI is InChI=1S/C51H37N/c1-51(2)46-21-11-10-20-45(46)50-42(32-27-37-16-12-22-47(51)49(37)50)36-25-30-40(31-26-36)52(39-28-23-35(24-29-39)34-13-4-3-5-14-34)48-33-38-15-6-7-17-41(38)43-18-8-9-19-44(43)48/h3-33H,1-2H3. The van der Waals surface area contributed by atoms with Crippen LogP contribution >= 0.6 is 0 Å². The molecule has 1 nitrogen and oxygen atoms in total. The lowest BCUT2D eigenvalue weighted by molar-refractivity contribution is 0.645. The Kier molecular flexibility index (Phi) is 6.91. The lowest BCUT2D eigenvalue weighted by atomic mass is 9.67. The van der Waals surface area contributed by atoms with Crippen molar-refractivity contribution in [2.24, 2.45) is 0 Å². The first kappa shape index (κ1) is 30.4. The van der Waals surface area contributed by atoms with Crippen molar-refractivity contribution >= 4 is 49.4 Å². The number of anilines is 3. The van der Waals surface area contributed by atoms with Crippen molar-refractivity contribution < 1.29 is 0 Å². The van der Waals surface area contributed by atoms with Crippen LogP contribution in [0.15, 0.2) is 188 Å². The summed E-state index contributed by atoms with van der Waals surface area (Å²) in [6, 6.07) is 69.1. The molecule has 0 N–H and O–H groups in total. The van der Waals surface area contributed by atoms with Gasteiger partial charge in [0.05, 0.1) is 5.69 Å². The van der Waals surface area contributed by atoms with E-state index in [0.29, 0.717) is 0 Å². The fraction of sp³-hybridized carbons (Fsp3) is 0.0588. The Morgan fingerprint density at radius 3 is 1.73 bits per heavy atom. The zero-order valence-corrected chi connectivity index (χ0v) is 29.3. The predicted octanol–water partition coefficient (Wildman–Crippen LogP) is 14.3. The number of benzene rings is 9. The van der Waals surface area contributed by atoms with Crippen molar-refractivity contribution in [1.29, 1.82) is 0 Å². The minimum Gasteiger partial charge on any atom is -0.310 e. The summed E-state index contributed by atoms with van der Waals surface area (Å²) in [7, 11) is 0. The zero-order valence-electron chi connectivity index (χ0n) is 29.3. The van der Waals surface area contributed by atoms with Crippen LogP contribution in [0.4, 0.5) is 17.1 Å². The van der Waals surface area contributed by atoms with Gasteiger partial charge in [-0.15, -0.1) is 0 Å². The van der Waals surface area contributed by atoms with Crippen LogP contribution in [0.5, 0.6) is 0 Å². The van der Waals surface area contributed by atoms with Crippen molar-refractivity contribution in [1.82, 2.24) is 0 Å². The van der Waals surface area contributed by atoms with Gasteiger partial charge in [-0.3, -0.25) is 0 Å². The average molecular weight is 664 g/mol. The molecule has 0 atom stereocenters. The Hall–Kier alpha value is -6.44. The van der Waals surface area contributed by atoms with E-state index in [2.05, 4.69) is 207 Å². The van der Waals surface area contributed by atoms with Crippen molar-refractivity contribution in [3.05, 3.63) is 199 Å². The fourth-order valence-corrected chi connectivity index (χ4v) is 8.68. The molecule has 0 fully saturated rings. The normalized spacial score (nSPS) is 13.0. The van der Waals surface area contributed by atoms with E-state index in [1.165, 1.54) is 76.8 Å². The van der Waals surface area contributed by atoms with E-state index in [4.69, 9.17) is 0 Å². The Labute approximate surface area is 305 Å². The van der Waals surface area contributed by atoms with Crippen molar-refractivity contribution in [2.75, 3.05) is 4.90 Å². The number of hydrogen-bond donors (Lipinski definition) is 0. The maximum absolute atomic E-state index is 2.42. The Bertz CT molecular complexity index is 2790. The third kappa shape index (κ3) is 4.70. The van der Waals surface area contributed by atoms with Gasteiger partial charge in [-0.1, -0.05) is 172 Å². The highest BCUT2D eigenvalue weighted by Gasteiger charge is 2.34. The SMILES string of the molecule is CC1(C)c2ccccc2-c2c(-c3ccc(N(c4ccc(-c5ccccc5)cc4)c4cc5ccccc5c5ccccc45)cc3)ccc3cccc1c23. The van der Waals surface area contributed by atoms with Crippen LogP contribution in [0.1, 0.15) is 25.0 Å². The lowest BCUT2D eigenvalue weighted by Crippen LogP contribution is -2.23. The highest BCUT2D eigenvalue weighted by Crippen LogP contribution is 2.52. The van der Waals surface area contributed by atoms with E-state index in [0.717, 1.165) is 17.1 Å². The molecule has 1 heteroatoms. The Morgan fingerprint density at radius 2 is 0.962 bits per heavy atom. The first-order chi connectivity index (χ1) is 25.6. The van der Waals surface area contributed by atoms with Crippen molar-refractivity contribution in [2.45, 2.75) is 19.3 Å². The second kappa shape index (κ2) is 11.8. The maximum atomic E-state index is 2.42. The molecular weight excluding hydrogens is 627 g/mol. The van der Waals surface area contributed by atoms with Gasteiger partial charge in [0.2, 0.25) is 0 Å². The van der Waals surface area contributed by atoms with Crippen LogP contribution in [-0.4, -0.2) is 0 Å². The predicted molar refractivity (Wildman–Crippen MR) is 222 cm³/mol. The van der Waals surface area contributed by atoms with Gasteiger partial charge < -0.3 is 4.90 Å². The second-order valence-corrected chi connectivity index (χ2v) is 14.5. The van der Waals surface area contributed by atoms with Gasteiger partial charge in [0, 0.05) is 22.2 Å². The second-order valence-electron chi connectivity index (χ2n) is 14.5. The molecular formula is C51H37N. The van der Waals surface area contributed by atoms with Gasteiger partial charge >= 0.3 is 0 Å². The summed E-state index contributed by atoms with van der Waals surface area (Å²) in [5.74, 6) is 0. The molecule has 0 radical (unpaired) electrons. The van der Waals surface area contributed by atoms with Crippen LogP contribution in [0.3, 0.4) is 0 Å². The van der Waals surface area contributed by atoms with E-state index >= 15 is 0 Å². The molecule has 10 rings (SSSR count). The molecule has 9 aromatic carbocycles. The maximum Gasteiger partial charge on any atom is 0.0546 e. The number of rotatable bonds is 5. The first-order valence-corrected chi connectivity index (χ1v) is 18.2. The monoisotopic (exact) mass is 663 g/mol. The van der Waals surface area contributed by atoms with Gasteiger partial charge in [0.1, 0.15) is 0 Å². The fourth-order valence-electron chi connectivity index (χ4n) is 8.68. The molecule has 0 bridgehead atoms. The summed E-state index contributed by atoms with van der Waals surface area (Å²) < 4.78 is 0. The minimum absolute atomic E-state index is 0.0786. The lowest BCUT2D eigenvalue weighted by Gasteiger charge is -2.36. The summed E-state index contributed by atoms with van der Waals surface area (Å²) >= 11 is 0. The largest absolute Gasteiger partial charge is 0.310 e. The molecule has 0 heterocycles. The van der Waals surface area contributed by atoms with Crippen LogP contribution < -0.4 is 4.90 Å². The highest BCUT2D eigenvalue weighted by atomic mass is 15.1. The molecule has 0 unspecified atom stereocenters. The highest BCUT2D eigenvalue weighted by molar-refractivity contribution is 6.15. The van der Waals surface area contributed by atoms with E-state index in [-0.39, 0.29) is 5.41 Å². The molecule has 0 saturated heterocycles. The van der Waals surface area contributed by atoms with Crippen LogP contribution in [0.25, 0.3) is 65.7 Å².